The Bertz CT molecular complexity index is 1160. The third-order valence-corrected chi connectivity index (χ3v) is 6.46. The van der Waals surface area contributed by atoms with Crippen molar-refractivity contribution in [1.29, 1.82) is 10.5 Å². The highest BCUT2D eigenvalue weighted by Crippen LogP contribution is 2.37. The smallest absolute Gasteiger partial charge is 0.185 e. The van der Waals surface area contributed by atoms with Crippen molar-refractivity contribution < 1.29 is 9.47 Å². The topological polar surface area (TPSA) is 121 Å². The summed E-state index contributed by atoms with van der Waals surface area (Å²) in [6, 6.07) is 11.5. The highest BCUT2D eigenvalue weighted by molar-refractivity contribution is 7.98. The number of methoxy groups -OCH3 is 1. The Morgan fingerprint density at radius 1 is 1.09 bits per heavy atom. The predicted molar refractivity (Wildman–Crippen MR) is 127 cm³/mol. The number of benzene rings is 1. The fraction of sp³-hybridized carbons (Fsp3) is 0.273. The average Bonchev–Trinajstić information content (AvgIpc) is 3.27. The summed E-state index contributed by atoms with van der Waals surface area (Å²) in [5.41, 5.74) is 8.65. The second-order valence-electron chi connectivity index (χ2n) is 6.82. The molecule has 2 heterocycles. The minimum Gasteiger partial charge on any atom is -0.491 e. The van der Waals surface area contributed by atoms with Crippen molar-refractivity contribution in [3.05, 3.63) is 46.5 Å². The molecule has 0 atom stereocenters. The van der Waals surface area contributed by atoms with Gasteiger partial charge in [-0.15, -0.1) is 11.3 Å². The number of thioether (sulfide) groups is 1. The lowest BCUT2D eigenvalue weighted by Crippen LogP contribution is -2.08. The minimum absolute atomic E-state index is 0.0941. The van der Waals surface area contributed by atoms with E-state index in [0.29, 0.717) is 46.4 Å². The molecular weight excluding hydrogens is 444 g/mol. The number of rotatable bonds is 9. The highest BCUT2D eigenvalue weighted by Gasteiger charge is 2.21. The van der Waals surface area contributed by atoms with Gasteiger partial charge in [0.25, 0.3) is 0 Å². The third-order valence-electron chi connectivity index (χ3n) is 4.39. The standard InChI is InChI=1S/C22H22N6O2S2/c1-28(2)22-26-15(13-32-22)12-31-21-18(11-24)19(17(10-23)20(25)27-21)14-4-6-16(7-5-14)30-9-8-29-3/h4-7,13H,8-9,12H2,1-3H3,(H2,25,27). The monoisotopic (exact) mass is 466 g/mol. The van der Waals surface area contributed by atoms with Crippen LogP contribution in [0.25, 0.3) is 11.1 Å². The Hall–Kier alpha value is -3.31. The molecule has 1 aromatic carbocycles. The molecule has 32 heavy (non-hydrogen) atoms. The molecule has 2 N–H and O–H groups in total. The molecule has 164 valence electrons. The summed E-state index contributed by atoms with van der Waals surface area (Å²) in [4.78, 5) is 10.9. The predicted octanol–water partition coefficient (Wildman–Crippen LogP) is 3.91. The zero-order chi connectivity index (χ0) is 23.1. The normalized spacial score (nSPS) is 10.4. The molecule has 0 saturated carbocycles. The molecule has 0 spiro atoms. The Kier molecular flexibility index (Phi) is 7.90. The Morgan fingerprint density at radius 3 is 2.41 bits per heavy atom. The molecule has 0 aliphatic rings. The minimum atomic E-state index is 0.0941. The number of nitriles is 2. The number of hydrogen-bond donors (Lipinski definition) is 1. The molecule has 3 rings (SSSR count). The SMILES string of the molecule is COCCOc1ccc(-c2c(C#N)c(N)nc(SCc3csc(N(C)C)n3)c2C#N)cc1. The molecule has 0 saturated heterocycles. The number of nitrogens with zero attached hydrogens (tertiary/aromatic N) is 5. The summed E-state index contributed by atoms with van der Waals surface area (Å²) >= 11 is 2.92. The number of aromatic nitrogens is 2. The zero-order valence-electron chi connectivity index (χ0n) is 18.0. The first-order chi connectivity index (χ1) is 15.5. The molecule has 8 nitrogen and oxygen atoms in total. The molecule has 0 aliphatic carbocycles. The number of ether oxygens (including phenoxy) is 2. The van der Waals surface area contributed by atoms with Gasteiger partial charge in [-0.25, -0.2) is 9.97 Å². The molecule has 0 aliphatic heterocycles. The average molecular weight is 467 g/mol. The first-order valence-corrected chi connectivity index (χ1v) is 11.4. The van der Waals surface area contributed by atoms with Crippen LogP contribution in [0.2, 0.25) is 0 Å². The van der Waals surface area contributed by atoms with Gasteiger partial charge in [0.15, 0.2) is 5.13 Å². The number of anilines is 2. The lowest BCUT2D eigenvalue weighted by molar-refractivity contribution is 0.146. The van der Waals surface area contributed by atoms with E-state index in [1.165, 1.54) is 11.8 Å². The van der Waals surface area contributed by atoms with Crippen LogP contribution in [0.1, 0.15) is 16.8 Å². The fourth-order valence-corrected chi connectivity index (χ4v) is 4.61. The maximum Gasteiger partial charge on any atom is 0.185 e. The van der Waals surface area contributed by atoms with Crippen LogP contribution < -0.4 is 15.4 Å². The van der Waals surface area contributed by atoms with Gasteiger partial charge in [-0.05, 0) is 17.7 Å². The van der Waals surface area contributed by atoms with E-state index in [1.54, 1.807) is 42.7 Å². The summed E-state index contributed by atoms with van der Waals surface area (Å²) in [6.45, 7) is 0.910. The van der Waals surface area contributed by atoms with Crippen molar-refractivity contribution >= 4 is 34.0 Å². The second-order valence-corrected chi connectivity index (χ2v) is 8.62. The van der Waals surface area contributed by atoms with Crippen molar-refractivity contribution in [2.24, 2.45) is 0 Å². The van der Waals surface area contributed by atoms with Gasteiger partial charge in [0.2, 0.25) is 0 Å². The number of pyridine rings is 1. The van der Waals surface area contributed by atoms with E-state index in [-0.39, 0.29) is 11.4 Å². The zero-order valence-corrected chi connectivity index (χ0v) is 19.6. The molecule has 0 fully saturated rings. The molecule has 3 aromatic rings. The van der Waals surface area contributed by atoms with E-state index >= 15 is 0 Å². The molecule has 10 heteroatoms. The maximum atomic E-state index is 9.93. The van der Waals surface area contributed by atoms with Crippen LogP contribution in [-0.4, -0.2) is 44.4 Å². The van der Waals surface area contributed by atoms with E-state index in [9.17, 15) is 10.5 Å². The molecule has 0 amide bonds. The van der Waals surface area contributed by atoms with Crippen LogP contribution in [0, 0.1) is 22.7 Å². The third kappa shape index (κ3) is 5.29. The van der Waals surface area contributed by atoms with Gasteiger partial charge in [0.05, 0.1) is 17.9 Å². The van der Waals surface area contributed by atoms with Gasteiger partial charge in [-0.3, -0.25) is 0 Å². The summed E-state index contributed by atoms with van der Waals surface area (Å²) in [5, 5.41) is 23.0. The first-order valence-electron chi connectivity index (χ1n) is 9.58. The van der Waals surface area contributed by atoms with Crippen LogP contribution in [0.3, 0.4) is 0 Å². The van der Waals surface area contributed by atoms with Crippen molar-refractivity contribution in [3.63, 3.8) is 0 Å². The van der Waals surface area contributed by atoms with Gasteiger partial charge in [0, 0.05) is 37.9 Å². The molecule has 0 radical (unpaired) electrons. The Balaban J connectivity index is 1.94. The number of nitrogen functional groups attached to an aromatic ring is 1. The van der Waals surface area contributed by atoms with Crippen LogP contribution in [0.15, 0.2) is 34.7 Å². The quantitative estimate of drug-likeness (QED) is 0.369. The fourth-order valence-electron chi connectivity index (χ4n) is 2.86. The van der Waals surface area contributed by atoms with Crippen molar-refractivity contribution in [3.8, 4) is 29.0 Å². The van der Waals surface area contributed by atoms with Gasteiger partial charge in [0.1, 0.15) is 40.9 Å². The van der Waals surface area contributed by atoms with Crippen LogP contribution in [0.5, 0.6) is 5.75 Å². The molecule has 2 aromatic heterocycles. The molecular formula is C22H22N6O2S2. The van der Waals surface area contributed by atoms with Crippen LogP contribution >= 0.6 is 23.1 Å². The van der Waals surface area contributed by atoms with Gasteiger partial charge < -0.3 is 20.1 Å². The lowest BCUT2D eigenvalue weighted by atomic mass is 9.97. The number of hydrogen-bond acceptors (Lipinski definition) is 10. The van der Waals surface area contributed by atoms with Crippen LogP contribution in [-0.2, 0) is 10.5 Å². The number of nitrogens with two attached hydrogens (primary N) is 1. The summed E-state index contributed by atoms with van der Waals surface area (Å²) in [6.07, 6.45) is 0. The lowest BCUT2D eigenvalue weighted by Gasteiger charge is -2.13. The van der Waals surface area contributed by atoms with Gasteiger partial charge in [-0.2, -0.15) is 10.5 Å². The van der Waals surface area contributed by atoms with Gasteiger partial charge in [-0.1, -0.05) is 23.9 Å². The summed E-state index contributed by atoms with van der Waals surface area (Å²) in [5.74, 6) is 1.29. The van der Waals surface area contributed by atoms with E-state index in [4.69, 9.17) is 15.2 Å². The highest BCUT2D eigenvalue weighted by atomic mass is 32.2. The summed E-state index contributed by atoms with van der Waals surface area (Å²) in [7, 11) is 5.48. The van der Waals surface area contributed by atoms with E-state index in [2.05, 4.69) is 22.1 Å². The second kappa shape index (κ2) is 10.8. The van der Waals surface area contributed by atoms with Crippen LogP contribution in [0.4, 0.5) is 10.9 Å². The van der Waals surface area contributed by atoms with E-state index in [1.807, 2.05) is 24.4 Å². The largest absolute Gasteiger partial charge is 0.491 e. The first kappa shape index (κ1) is 23.4. The Morgan fingerprint density at radius 2 is 1.81 bits per heavy atom. The molecule has 0 bridgehead atoms. The summed E-state index contributed by atoms with van der Waals surface area (Å²) < 4.78 is 10.6. The van der Waals surface area contributed by atoms with E-state index in [0.717, 1.165) is 10.8 Å². The van der Waals surface area contributed by atoms with Crippen molar-refractivity contribution in [1.82, 2.24) is 9.97 Å². The van der Waals surface area contributed by atoms with Crippen molar-refractivity contribution in [2.45, 2.75) is 10.8 Å². The Labute approximate surface area is 195 Å². The van der Waals surface area contributed by atoms with Crippen molar-refractivity contribution in [2.75, 3.05) is 45.1 Å². The molecule has 0 unspecified atom stereocenters. The maximum absolute atomic E-state index is 9.93. The van der Waals surface area contributed by atoms with E-state index < -0.39 is 0 Å². The number of thiazole rings is 1. The van der Waals surface area contributed by atoms with Gasteiger partial charge >= 0.3 is 0 Å².